The second-order valence-corrected chi connectivity index (χ2v) is 7.42. The maximum Gasteiger partial charge on any atom is 0.167 e. The molecule has 7 nitrogen and oxygen atoms in total. The monoisotopic (exact) mass is 397 g/mol. The van der Waals surface area contributed by atoms with E-state index < -0.39 is 0 Å². The first kappa shape index (κ1) is 20.5. The second kappa shape index (κ2) is 9.77. The van der Waals surface area contributed by atoms with Gasteiger partial charge in [-0.15, -0.1) is 0 Å². The van der Waals surface area contributed by atoms with Crippen LogP contribution in [0.2, 0.25) is 0 Å². The summed E-state index contributed by atoms with van der Waals surface area (Å²) >= 11 is 6.25. The molecule has 2 atom stereocenters. The summed E-state index contributed by atoms with van der Waals surface area (Å²) in [6.45, 7) is 0.199. The molecular formula is C17H23N3O4S2. The highest BCUT2D eigenvalue weighted by atomic mass is 32.2. The molecular weight excluding hydrogens is 374 g/mol. The van der Waals surface area contributed by atoms with Crippen LogP contribution in [-0.2, 0) is 9.53 Å². The fourth-order valence-electron chi connectivity index (χ4n) is 2.32. The molecule has 1 aromatic rings. The first-order chi connectivity index (χ1) is 12.4. The number of hydrazine groups is 1. The van der Waals surface area contributed by atoms with Gasteiger partial charge in [-0.25, -0.2) is 5.84 Å². The first-order valence-electron chi connectivity index (χ1n) is 7.86. The Hall–Kier alpha value is -1.81. The van der Waals surface area contributed by atoms with Gasteiger partial charge in [0.2, 0.25) is 0 Å². The van der Waals surface area contributed by atoms with E-state index in [1.54, 1.807) is 17.8 Å². The summed E-state index contributed by atoms with van der Waals surface area (Å²) < 4.78 is 10.9. The molecule has 0 spiro atoms. The summed E-state index contributed by atoms with van der Waals surface area (Å²) in [4.78, 5) is 11.4. The van der Waals surface area contributed by atoms with Crippen LogP contribution in [0.15, 0.2) is 35.8 Å². The molecule has 1 saturated heterocycles. The van der Waals surface area contributed by atoms with Crippen molar-refractivity contribution < 1.29 is 19.4 Å². The van der Waals surface area contributed by atoms with E-state index in [2.05, 4.69) is 12.6 Å². The molecule has 26 heavy (non-hydrogen) atoms. The van der Waals surface area contributed by atoms with Gasteiger partial charge in [0.05, 0.1) is 31.2 Å². The quantitative estimate of drug-likeness (QED) is 0.171. The van der Waals surface area contributed by atoms with Crippen LogP contribution >= 0.6 is 24.4 Å². The molecule has 0 radical (unpaired) electrons. The SMILES string of the molecule is COc1cc(O)ccc1/C=C(\C=O)N(N)/C=C(\N)CO[C@@H]1CSC[C@@H]1S. The van der Waals surface area contributed by atoms with Gasteiger partial charge < -0.3 is 20.3 Å². The number of nitrogens with zero attached hydrogens (tertiary/aromatic N) is 1. The predicted molar refractivity (Wildman–Crippen MR) is 107 cm³/mol. The molecule has 0 aromatic heterocycles. The number of thiol groups is 1. The van der Waals surface area contributed by atoms with Crippen LogP contribution in [0.5, 0.6) is 11.5 Å². The Labute approximate surface area is 162 Å². The number of hydrogen-bond donors (Lipinski definition) is 4. The van der Waals surface area contributed by atoms with Crippen LogP contribution in [0.25, 0.3) is 6.08 Å². The third-order valence-electron chi connectivity index (χ3n) is 3.71. The number of methoxy groups -OCH3 is 1. The highest BCUT2D eigenvalue weighted by molar-refractivity contribution is 8.00. The van der Waals surface area contributed by atoms with Gasteiger partial charge in [-0.1, -0.05) is 0 Å². The van der Waals surface area contributed by atoms with Crippen molar-refractivity contribution in [1.82, 2.24) is 5.01 Å². The third kappa shape index (κ3) is 5.60. The molecule has 0 bridgehead atoms. The molecule has 1 aromatic carbocycles. The minimum absolute atomic E-state index is 0.0452. The molecule has 1 aliphatic rings. The zero-order valence-corrected chi connectivity index (χ0v) is 16.1. The average molecular weight is 398 g/mol. The number of hydrogen-bond acceptors (Lipinski definition) is 9. The summed E-state index contributed by atoms with van der Waals surface area (Å²) in [6.07, 6.45) is 3.62. The minimum atomic E-state index is 0.0452. The Morgan fingerprint density at radius 1 is 1.50 bits per heavy atom. The molecule has 142 valence electrons. The van der Waals surface area contributed by atoms with E-state index in [0.29, 0.717) is 23.3 Å². The van der Waals surface area contributed by atoms with E-state index in [-0.39, 0.29) is 29.4 Å². The normalized spacial score (nSPS) is 20.9. The van der Waals surface area contributed by atoms with Crippen LogP contribution in [0.3, 0.4) is 0 Å². The standard InChI is InChI=1S/C17H23N3O4S2/c1-23-15-5-14(22)3-2-11(15)4-13(7-21)20(19)6-12(18)8-24-16-9-26-10-17(16)25/h2-7,16-17,22,25H,8-10,18-19H2,1H3/b12-6-,13-4+/t16-,17+/m1/s1. The molecule has 9 heteroatoms. The fourth-order valence-corrected chi connectivity index (χ4v) is 4.13. The van der Waals surface area contributed by atoms with Gasteiger partial charge in [-0.2, -0.15) is 24.4 Å². The number of thioether (sulfide) groups is 1. The molecule has 2 rings (SSSR count). The van der Waals surface area contributed by atoms with Crippen LogP contribution in [0, 0.1) is 0 Å². The third-order valence-corrected chi connectivity index (χ3v) is 5.63. The number of nitrogens with two attached hydrogens (primary N) is 2. The van der Waals surface area contributed by atoms with Crippen molar-refractivity contribution in [3.05, 3.63) is 41.4 Å². The molecule has 0 amide bonds. The molecule has 0 aliphatic carbocycles. The number of phenolic OH excluding ortho intramolecular Hbond substituents is 1. The Morgan fingerprint density at radius 2 is 2.27 bits per heavy atom. The Morgan fingerprint density at radius 3 is 2.88 bits per heavy atom. The highest BCUT2D eigenvalue weighted by Gasteiger charge is 2.25. The van der Waals surface area contributed by atoms with Gasteiger partial charge in [-0.3, -0.25) is 9.80 Å². The minimum Gasteiger partial charge on any atom is -0.508 e. The number of phenols is 1. The number of aldehydes is 1. The van der Waals surface area contributed by atoms with E-state index in [4.69, 9.17) is 21.1 Å². The predicted octanol–water partition coefficient (Wildman–Crippen LogP) is 1.35. The van der Waals surface area contributed by atoms with Gasteiger partial charge >= 0.3 is 0 Å². The second-order valence-electron chi connectivity index (χ2n) is 5.68. The number of aromatic hydroxyl groups is 1. The van der Waals surface area contributed by atoms with E-state index in [0.717, 1.165) is 16.5 Å². The number of benzene rings is 1. The van der Waals surface area contributed by atoms with Crippen LogP contribution in [0.1, 0.15) is 5.56 Å². The first-order valence-corrected chi connectivity index (χ1v) is 9.53. The summed E-state index contributed by atoms with van der Waals surface area (Å²) in [5, 5.41) is 10.8. The van der Waals surface area contributed by atoms with Gasteiger partial charge in [-0.05, 0) is 18.2 Å². The van der Waals surface area contributed by atoms with Crippen molar-refractivity contribution >= 4 is 36.8 Å². The van der Waals surface area contributed by atoms with E-state index in [1.807, 2.05) is 0 Å². The maximum atomic E-state index is 11.4. The summed E-state index contributed by atoms with van der Waals surface area (Å²) in [5.74, 6) is 8.23. The van der Waals surface area contributed by atoms with Gasteiger partial charge in [0.15, 0.2) is 6.29 Å². The van der Waals surface area contributed by atoms with Crippen LogP contribution < -0.4 is 16.3 Å². The number of ether oxygens (including phenoxy) is 2. The maximum absolute atomic E-state index is 11.4. The number of carbonyl (C=O) groups excluding carboxylic acids is 1. The molecule has 1 aliphatic heterocycles. The lowest BCUT2D eigenvalue weighted by atomic mass is 10.1. The number of rotatable bonds is 8. The van der Waals surface area contributed by atoms with Gasteiger partial charge in [0, 0.05) is 34.6 Å². The van der Waals surface area contributed by atoms with Crippen LogP contribution in [-0.4, -0.2) is 53.0 Å². The van der Waals surface area contributed by atoms with E-state index in [1.165, 1.54) is 31.5 Å². The number of allylic oxidation sites excluding steroid dienone is 1. The Kier molecular flexibility index (Phi) is 7.70. The fraction of sp³-hybridized carbons (Fsp3) is 0.353. The topological polar surface area (TPSA) is 111 Å². The van der Waals surface area contributed by atoms with Crippen molar-refractivity contribution in [2.24, 2.45) is 11.6 Å². The zero-order chi connectivity index (χ0) is 19.1. The van der Waals surface area contributed by atoms with Crippen LogP contribution in [0.4, 0.5) is 0 Å². The molecule has 0 unspecified atom stereocenters. The largest absolute Gasteiger partial charge is 0.508 e. The Bertz CT molecular complexity index is 697. The molecule has 1 heterocycles. The van der Waals surface area contributed by atoms with Crippen molar-refractivity contribution in [3.63, 3.8) is 0 Å². The van der Waals surface area contributed by atoms with Crippen molar-refractivity contribution in [2.75, 3.05) is 25.2 Å². The summed E-state index contributed by atoms with van der Waals surface area (Å²) in [7, 11) is 1.47. The zero-order valence-electron chi connectivity index (χ0n) is 14.4. The summed E-state index contributed by atoms with van der Waals surface area (Å²) in [6, 6.07) is 4.55. The highest BCUT2D eigenvalue weighted by Crippen LogP contribution is 2.26. The van der Waals surface area contributed by atoms with E-state index in [9.17, 15) is 9.90 Å². The summed E-state index contributed by atoms with van der Waals surface area (Å²) in [5.41, 5.74) is 7.08. The smallest absolute Gasteiger partial charge is 0.167 e. The lowest BCUT2D eigenvalue weighted by molar-refractivity contribution is -0.105. The van der Waals surface area contributed by atoms with Gasteiger partial charge in [0.1, 0.15) is 11.5 Å². The molecule has 5 N–H and O–H groups in total. The van der Waals surface area contributed by atoms with Gasteiger partial charge in [0.25, 0.3) is 0 Å². The number of carbonyl (C=O) groups is 1. The molecule has 1 fully saturated rings. The average Bonchev–Trinajstić information content (AvgIpc) is 3.03. The van der Waals surface area contributed by atoms with Crippen molar-refractivity contribution in [2.45, 2.75) is 11.4 Å². The molecule has 0 saturated carbocycles. The van der Waals surface area contributed by atoms with Crippen molar-refractivity contribution in [3.8, 4) is 11.5 Å². The lowest BCUT2D eigenvalue weighted by Gasteiger charge is -2.18. The Balaban J connectivity index is 2.07. The van der Waals surface area contributed by atoms with Crippen molar-refractivity contribution in [1.29, 1.82) is 0 Å². The lowest BCUT2D eigenvalue weighted by Crippen LogP contribution is -2.29. The van der Waals surface area contributed by atoms with E-state index >= 15 is 0 Å².